The van der Waals surface area contributed by atoms with Gasteiger partial charge in [-0.1, -0.05) is 12.1 Å². The molecular formula is C18H14F3N5. The highest BCUT2D eigenvalue weighted by molar-refractivity contribution is 5.74. The number of hydrogen-bond acceptors (Lipinski definition) is 4. The average molecular weight is 357 g/mol. The number of halogens is 3. The number of nitrogen functional groups attached to an aromatic ring is 1. The molecule has 0 saturated carbocycles. The van der Waals surface area contributed by atoms with Crippen LogP contribution in [0.1, 0.15) is 11.1 Å². The Morgan fingerprint density at radius 3 is 2.77 bits per heavy atom. The van der Waals surface area contributed by atoms with Crippen molar-refractivity contribution < 1.29 is 13.2 Å². The number of pyridine rings is 1. The molecule has 5 nitrogen and oxygen atoms in total. The average Bonchev–Trinajstić information content (AvgIpc) is 3.00. The van der Waals surface area contributed by atoms with Crippen molar-refractivity contribution in [2.24, 2.45) is 0 Å². The molecule has 0 spiro atoms. The molecule has 1 aliphatic rings. The van der Waals surface area contributed by atoms with Gasteiger partial charge in [0.2, 0.25) is 5.95 Å². The zero-order valence-electron chi connectivity index (χ0n) is 13.5. The quantitative estimate of drug-likeness (QED) is 0.759. The Kier molecular flexibility index (Phi) is 3.68. The second-order valence-corrected chi connectivity index (χ2v) is 5.90. The van der Waals surface area contributed by atoms with Crippen LogP contribution in [0.3, 0.4) is 0 Å². The minimum absolute atomic E-state index is 0.185. The molecule has 8 heteroatoms. The van der Waals surface area contributed by atoms with Crippen LogP contribution in [-0.4, -0.2) is 21.1 Å². The predicted molar refractivity (Wildman–Crippen MR) is 93.3 cm³/mol. The molecule has 132 valence electrons. The number of aromatic nitrogens is 3. The first kappa shape index (κ1) is 16.2. The summed E-state index contributed by atoms with van der Waals surface area (Å²) < 4.78 is 40.4. The third-order valence-electron chi connectivity index (χ3n) is 4.13. The van der Waals surface area contributed by atoms with Crippen molar-refractivity contribution in [3.05, 3.63) is 72.1 Å². The van der Waals surface area contributed by atoms with Gasteiger partial charge in [-0.2, -0.15) is 18.2 Å². The third-order valence-corrected chi connectivity index (χ3v) is 4.13. The highest BCUT2D eigenvalue weighted by Gasteiger charge is 2.30. The molecule has 4 rings (SSSR count). The van der Waals surface area contributed by atoms with E-state index >= 15 is 0 Å². The van der Waals surface area contributed by atoms with Crippen molar-refractivity contribution in [3.8, 4) is 0 Å². The Balaban J connectivity index is 1.63. The van der Waals surface area contributed by atoms with Crippen molar-refractivity contribution in [3.63, 3.8) is 0 Å². The number of rotatable bonds is 2. The molecule has 0 amide bonds. The van der Waals surface area contributed by atoms with E-state index in [2.05, 4.69) is 10.1 Å². The fourth-order valence-electron chi connectivity index (χ4n) is 2.87. The maximum atomic E-state index is 13.0. The molecule has 0 fully saturated rings. The van der Waals surface area contributed by atoms with Crippen LogP contribution in [0.25, 0.3) is 11.2 Å². The number of anilines is 2. The fourth-order valence-corrected chi connectivity index (χ4v) is 2.87. The first-order valence-electron chi connectivity index (χ1n) is 7.84. The van der Waals surface area contributed by atoms with Gasteiger partial charge < -0.3 is 10.6 Å². The van der Waals surface area contributed by atoms with E-state index in [9.17, 15) is 13.2 Å². The maximum absolute atomic E-state index is 13.0. The number of nitrogens with zero attached hydrogens (tertiary/aromatic N) is 4. The SMILES string of the molecule is Nc1nc2ccc(C3=CC=CN(c4cccc(C(F)(F)F)c4)C3)cn2n1. The van der Waals surface area contributed by atoms with E-state index in [0.717, 1.165) is 23.3 Å². The lowest BCUT2D eigenvalue weighted by Gasteiger charge is -2.25. The normalized spacial score (nSPS) is 14.7. The van der Waals surface area contributed by atoms with Gasteiger partial charge in [0.25, 0.3) is 0 Å². The molecule has 0 saturated heterocycles. The van der Waals surface area contributed by atoms with E-state index in [4.69, 9.17) is 5.73 Å². The molecule has 0 unspecified atom stereocenters. The lowest BCUT2D eigenvalue weighted by molar-refractivity contribution is -0.137. The number of benzene rings is 1. The van der Waals surface area contributed by atoms with Gasteiger partial charge in [-0.25, -0.2) is 4.52 Å². The molecule has 0 radical (unpaired) electrons. The predicted octanol–water partition coefficient (Wildman–Crippen LogP) is 3.75. The molecule has 1 aliphatic heterocycles. The number of alkyl halides is 3. The van der Waals surface area contributed by atoms with Gasteiger partial charge in [-0.15, -0.1) is 5.10 Å². The fraction of sp³-hybridized carbons (Fsp3) is 0.111. The first-order chi connectivity index (χ1) is 12.4. The Labute approximate surface area is 146 Å². The van der Waals surface area contributed by atoms with E-state index in [-0.39, 0.29) is 5.95 Å². The number of allylic oxidation sites excluding steroid dienone is 2. The molecule has 0 atom stereocenters. The van der Waals surface area contributed by atoms with Crippen LogP contribution in [0.15, 0.2) is 60.9 Å². The summed E-state index contributed by atoms with van der Waals surface area (Å²) in [5.74, 6) is 0.185. The highest BCUT2D eigenvalue weighted by Crippen LogP contribution is 2.33. The lowest BCUT2D eigenvalue weighted by Crippen LogP contribution is -2.21. The van der Waals surface area contributed by atoms with Crippen molar-refractivity contribution >= 4 is 22.9 Å². The molecule has 26 heavy (non-hydrogen) atoms. The summed E-state index contributed by atoms with van der Waals surface area (Å²) in [6.07, 6.45) is 2.91. The zero-order chi connectivity index (χ0) is 18.3. The summed E-state index contributed by atoms with van der Waals surface area (Å²) in [4.78, 5) is 5.84. The van der Waals surface area contributed by atoms with Crippen LogP contribution in [0.4, 0.5) is 24.8 Å². The van der Waals surface area contributed by atoms with Crippen molar-refractivity contribution in [2.75, 3.05) is 17.2 Å². The molecule has 0 aliphatic carbocycles. The summed E-state index contributed by atoms with van der Waals surface area (Å²) in [5, 5.41) is 4.08. The van der Waals surface area contributed by atoms with Crippen molar-refractivity contribution in [1.29, 1.82) is 0 Å². The Morgan fingerprint density at radius 1 is 1.12 bits per heavy atom. The van der Waals surface area contributed by atoms with E-state index in [1.54, 1.807) is 40.0 Å². The van der Waals surface area contributed by atoms with Crippen LogP contribution in [0.2, 0.25) is 0 Å². The molecule has 2 N–H and O–H groups in total. The second-order valence-electron chi connectivity index (χ2n) is 5.90. The smallest absolute Gasteiger partial charge is 0.366 e. The monoisotopic (exact) mass is 357 g/mol. The minimum atomic E-state index is -4.37. The van der Waals surface area contributed by atoms with E-state index < -0.39 is 11.7 Å². The molecule has 2 aromatic heterocycles. The van der Waals surface area contributed by atoms with Gasteiger partial charge in [0.1, 0.15) is 0 Å². The summed E-state index contributed by atoms with van der Waals surface area (Å²) in [6.45, 7) is 0.438. The van der Waals surface area contributed by atoms with Crippen LogP contribution >= 0.6 is 0 Å². The Hall–Kier alpha value is -3.29. The Bertz CT molecular complexity index is 1030. The molecular weight excluding hydrogens is 343 g/mol. The van der Waals surface area contributed by atoms with E-state index in [1.165, 1.54) is 6.07 Å². The molecule has 1 aromatic carbocycles. The van der Waals surface area contributed by atoms with Crippen molar-refractivity contribution in [2.45, 2.75) is 6.18 Å². The summed E-state index contributed by atoms with van der Waals surface area (Å²) in [7, 11) is 0. The summed E-state index contributed by atoms with van der Waals surface area (Å²) >= 11 is 0. The largest absolute Gasteiger partial charge is 0.416 e. The third kappa shape index (κ3) is 3.01. The van der Waals surface area contributed by atoms with Gasteiger partial charge in [0.15, 0.2) is 5.65 Å². The lowest BCUT2D eigenvalue weighted by atomic mass is 10.0. The Morgan fingerprint density at radius 2 is 1.96 bits per heavy atom. The highest BCUT2D eigenvalue weighted by atomic mass is 19.4. The van der Waals surface area contributed by atoms with Gasteiger partial charge >= 0.3 is 6.18 Å². The van der Waals surface area contributed by atoms with E-state index in [1.807, 2.05) is 12.1 Å². The van der Waals surface area contributed by atoms with Gasteiger partial charge in [-0.3, -0.25) is 0 Å². The maximum Gasteiger partial charge on any atom is 0.416 e. The molecule has 0 bridgehead atoms. The standard InChI is InChI=1S/C18H14F3N5/c19-18(20,21)14-4-1-5-15(9-14)25-8-2-3-12(10-25)13-6-7-16-23-17(22)24-26(16)11-13/h1-9,11H,10H2,(H2,22,24). The number of hydrogen-bond donors (Lipinski definition) is 1. The first-order valence-corrected chi connectivity index (χ1v) is 7.84. The number of fused-ring (bicyclic) bond motifs is 1. The number of nitrogens with two attached hydrogens (primary N) is 1. The topological polar surface area (TPSA) is 59.5 Å². The van der Waals surface area contributed by atoms with Crippen molar-refractivity contribution in [1.82, 2.24) is 14.6 Å². The second kappa shape index (κ2) is 5.91. The van der Waals surface area contributed by atoms with E-state index in [0.29, 0.717) is 17.9 Å². The van der Waals surface area contributed by atoms with Crippen LogP contribution in [0, 0.1) is 0 Å². The minimum Gasteiger partial charge on any atom is -0.366 e. The molecule has 3 heterocycles. The van der Waals surface area contributed by atoms with Crippen LogP contribution in [-0.2, 0) is 6.18 Å². The van der Waals surface area contributed by atoms with Gasteiger partial charge in [-0.05, 0) is 47.5 Å². The zero-order valence-corrected chi connectivity index (χ0v) is 13.5. The van der Waals surface area contributed by atoms with Crippen LogP contribution < -0.4 is 10.6 Å². The molecule has 3 aromatic rings. The van der Waals surface area contributed by atoms with Crippen LogP contribution in [0.5, 0.6) is 0 Å². The summed E-state index contributed by atoms with van der Waals surface area (Å²) in [6, 6.07) is 8.97. The summed E-state index contributed by atoms with van der Waals surface area (Å²) in [5.41, 5.74) is 7.88. The van der Waals surface area contributed by atoms with Gasteiger partial charge in [0, 0.05) is 24.6 Å². The van der Waals surface area contributed by atoms with Gasteiger partial charge in [0.05, 0.1) is 5.56 Å².